The van der Waals surface area contributed by atoms with Crippen LogP contribution in [0.5, 0.6) is 11.8 Å². The van der Waals surface area contributed by atoms with E-state index in [2.05, 4.69) is 40.4 Å². The van der Waals surface area contributed by atoms with Gasteiger partial charge in [-0.25, -0.2) is 4.98 Å². The maximum absolute atomic E-state index is 12.1. The Morgan fingerprint density at radius 1 is 0.477 bits per heavy atom. The molecule has 4 heterocycles. The Hall–Kier alpha value is -5.68. The van der Waals surface area contributed by atoms with Gasteiger partial charge in [-0.2, -0.15) is 15.0 Å². The highest BCUT2D eigenvalue weighted by atomic mass is 16.3. The van der Waals surface area contributed by atoms with Crippen molar-refractivity contribution < 1.29 is 10.2 Å². The van der Waals surface area contributed by atoms with Crippen LogP contribution in [0.2, 0.25) is 0 Å². The highest BCUT2D eigenvalue weighted by molar-refractivity contribution is 5.47. The van der Waals surface area contributed by atoms with Gasteiger partial charge in [0.1, 0.15) is 23.3 Å². The molecule has 44 heavy (non-hydrogen) atoms. The van der Waals surface area contributed by atoms with E-state index >= 15 is 0 Å². The second-order valence-electron chi connectivity index (χ2n) is 9.71. The van der Waals surface area contributed by atoms with Gasteiger partial charge in [-0.05, 0) is 41.5 Å². The van der Waals surface area contributed by atoms with E-state index in [1.807, 2.05) is 0 Å². The lowest BCUT2D eigenvalue weighted by molar-refractivity contribution is 0.446. The molecular weight excluding hydrogens is 576 g/mol. The second kappa shape index (κ2) is 12.7. The molecule has 18 nitrogen and oxygen atoms in total. The van der Waals surface area contributed by atoms with Crippen molar-refractivity contribution in [3.63, 3.8) is 0 Å². The van der Waals surface area contributed by atoms with E-state index in [-0.39, 0.29) is 28.3 Å². The number of hydrogen-bond donors (Lipinski definition) is 2. The molecule has 18 heteroatoms. The van der Waals surface area contributed by atoms with E-state index in [1.165, 1.54) is 27.8 Å². The fraction of sp³-hybridized carbons (Fsp3) is 0.385. The first-order valence-corrected chi connectivity index (χ1v) is 12.9. The Morgan fingerprint density at radius 2 is 0.818 bits per heavy atom. The standard InChI is InChI=1S/2C13H16N6O3/c1-6-9(12(21)18(4)7(2)14-6)16-17-10-11(20)15-8(3)19(5)13(10)22;1-6-9(11(20)14-7(2)18(6)4)16-17-10-12(21)15-8(3)19(5)13(10)22/h20H,1-5H3;21H,1-5H3. The predicted octanol–water partition coefficient (Wildman–Crippen LogP) is 1.84. The Morgan fingerprint density at radius 3 is 1.27 bits per heavy atom. The number of rotatable bonds is 4. The molecule has 0 spiro atoms. The van der Waals surface area contributed by atoms with Crippen LogP contribution < -0.4 is 22.2 Å². The third kappa shape index (κ3) is 6.37. The van der Waals surface area contributed by atoms with Crippen LogP contribution in [-0.2, 0) is 28.2 Å². The van der Waals surface area contributed by atoms with Crippen LogP contribution in [0.25, 0.3) is 0 Å². The molecule has 0 radical (unpaired) electrons. The van der Waals surface area contributed by atoms with E-state index in [1.54, 1.807) is 60.2 Å². The minimum atomic E-state index is -0.553. The molecule has 0 atom stereocenters. The molecule has 0 aromatic carbocycles. The number of aromatic hydroxyl groups is 2. The van der Waals surface area contributed by atoms with Gasteiger partial charge in [0.2, 0.25) is 23.1 Å². The lowest BCUT2D eigenvalue weighted by atomic mass is 10.3. The molecule has 4 aromatic rings. The van der Waals surface area contributed by atoms with Gasteiger partial charge in [0, 0.05) is 33.9 Å². The van der Waals surface area contributed by atoms with Gasteiger partial charge >= 0.3 is 5.56 Å². The van der Waals surface area contributed by atoms with Crippen molar-refractivity contribution in [1.82, 2.24) is 38.2 Å². The van der Waals surface area contributed by atoms with Crippen LogP contribution in [0, 0.1) is 41.5 Å². The highest BCUT2D eigenvalue weighted by Crippen LogP contribution is 2.23. The summed E-state index contributed by atoms with van der Waals surface area (Å²) in [5.74, 6) is 0.698. The van der Waals surface area contributed by atoms with Crippen molar-refractivity contribution in [2.24, 2.45) is 48.6 Å². The van der Waals surface area contributed by atoms with Crippen molar-refractivity contribution in [2.75, 3.05) is 0 Å². The Bertz CT molecular complexity index is 1900. The molecule has 0 saturated carbocycles. The van der Waals surface area contributed by atoms with Crippen molar-refractivity contribution >= 4 is 22.7 Å². The van der Waals surface area contributed by atoms with Gasteiger partial charge in [0.25, 0.3) is 16.7 Å². The summed E-state index contributed by atoms with van der Waals surface area (Å²) in [6.45, 7) is 9.85. The van der Waals surface area contributed by atoms with E-state index in [4.69, 9.17) is 0 Å². The number of aryl methyl sites for hydroxylation is 5. The zero-order chi connectivity index (χ0) is 33.2. The first-order valence-electron chi connectivity index (χ1n) is 12.9. The maximum atomic E-state index is 12.1. The molecule has 0 saturated heterocycles. The number of hydrogen-bond acceptors (Lipinski definition) is 14. The smallest absolute Gasteiger partial charge is 0.300 e. The van der Waals surface area contributed by atoms with Crippen molar-refractivity contribution in [1.29, 1.82) is 0 Å². The molecule has 0 unspecified atom stereocenters. The molecule has 0 aliphatic carbocycles. The maximum Gasteiger partial charge on any atom is 0.300 e. The van der Waals surface area contributed by atoms with Crippen molar-refractivity contribution in [3.05, 3.63) is 76.1 Å². The minimum Gasteiger partial charge on any atom is -0.492 e. The molecular formula is C26H32N12O6. The van der Waals surface area contributed by atoms with Crippen LogP contribution in [0.4, 0.5) is 22.7 Å². The average Bonchev–Trinajstić information content (AvgIpc) is 2.95. The van der Waals surface area contributed by atoms with Crippen molar-refractivity contribution in [2.45, 2.75) is 41.5 Å². The molecule has 0 aliphatic heterocycles. The molecule has 0 bridgehead atoms. The SMILES string of the molecule is Cc1nc(=O)c(N=Nc2c(O)nc(C)n(C)c2=O)c(C)n1C.Cc1nc(C)n(C)c(=O)c1N=Nc1c(O)nc(C)n(C)c1=O. The van der Waals surface area contributed by atoms with Gasteiger partial charge in [0.15, 0.2) is 11.4 Å². The third-order valence-electron chi connectivity index (χ3n) is 6.91. The lowest BCUT2D eigenvalue weighted by Crippen LogP contribution is -2.21. The summed E-state index contributed by atoms with van der Waals surface area (Å²) >= 11 is 0. The highest BCUT2D eigenvalue weighted by Gasteiger charge is 2.15. The molecule has 4 aromatic heterocycles. The summed E-state index contributed by atoms with van der Waals surface area (Å²) in [5.41, 5.74) is -1.72. The van der Waals surface area contributed by atoms with Gasteiger partial charge in [-0.3, -0.25) is 32.9 Å². The number of azo groups is 2. The largest absolute Gasteiger partial charge is 0.492 e. The first-order chi connectivity index (χ1) is 20.5. The molecule has 0 amide bonds. The summed E-state index contributed by atoms with van der Waals surface area (Å²) < 4.78 is 5.46. The van der Waals surface area contributed by atoms with Gasteiger partial charge in [-0.15, -0.1) is 20.5 Å². The van der Waals surface area contributed by atoms with Crippen molar-refractivity contribution in [3.8, 4) is 11.8 Å². The Balaban J connectivity index is 0.000000240. The zero-order valence-electron chi connectivity index (χ0n) is 25.9. The van der Waals surface area contributed by atoms with Crippen LogP contribution in [-0.4, -0.2) is 48.4 Å². The van der Waals surface area contributed by atoms with Crippen LogP contribution >= 0.6 is 0 Å². The average molecular weight is 609 g/mol. The van der Waals surface area contributed by atoms with E-state index in [0.717, 1.165) is 0 Å². The van der Waals surface area contributed by atoms with E-state index < -0.39 is 28.4 Å². The minimum absolute atomic E-state index is 0.00938. The van der Waals surface area contributed by atoms with E-state index in [9.17, 15) is 29.4 Å². The third-order valence-corrected chi connectivity index (χ3v) is 6.91. The number of nitrogens with zero attached hydrogens (tertiary/aromatic N) is 12. The fourth-order valence-electron chi connectivity index (χ4n) is 3.63. The normalized spacial score (nSPS) is 11.3. The first kappa shape index (κ1) is 32.8. The Kier molecular flexibility index (Phi) is 9.46. The second-order valence-corrected chi connectivity index (χ2v) is 9.71. The summed E-state index contributed by atoms with van der Waals surface area (Å²) in [4.78, 5) is 63.6. The van der Waals surface area contributed by atoms with Crippen LogP contribution in [0.3, 0.4) is 0 Å². The zero-order valence-corrected chi connectivity index (χ0v) is 25.9. The molecule has 0 aliphatic rings. The monoisotopic (exact) mass is 608 g/mol. The molecule has 4 rings (SSSR count). The summed E-state index contributed by atoms with van der Waals surface area (Å²) in [5, 5.41) is 34.4. The number of aromatic nitrogens is 8. The molecule has 0 fully saturated rings. The van der Waals surface area contributed by atoms with Crippen LogP contribution in [0.1, 0.15) is 34.7 Å². The Labute approximate surface area is 249 Å². The van der Waals surface area contributed by atoms with Gasteiger partial charge in [0.05, 0.1) is 5.69 Å². The van der Waals surface area contributed by atoms with Crippen LogP contribution in [0.15, 0.2) is 39.6 Å². The predicted molar refractivity (Wildman–Crippen MR) is 158 cm³/mol. The molecule has 232 valence electrons. The quantitative estimate of drug-likeness (QED) is 0.319. The summed E-state index contributed by atoms with van der Waals surface area (Å²) in [6, 6.07) is 0. The lowest BCUT2D eigenvalue weighted by Gasteiger charge is -2.08. The molecule has 2 N–H and O–H groups in total. The fourth-order valence-corrected chi connectivity index (χ4v) is 3.63. The summed E-state index contributed by atoms with van der Waals surface area (Å²) in [6.07, 6.45) is 0. The van der Waals surface area contributed by atoms with Gasteiger partial charge < -0.3 is 14.8 Å². The van der Waals surface area contributed by atoms with Gasteiger partial charge in [-0.1, -0.05) is 0 Å². The van der Waals surface area contributed by atoms with E-state index in [0.29, 0.717) is 34.7 Å². The summed E-state index contributed by atoms with van der Waals surface area (Å²) in [7, 11) is 6.30. The topological polar surface area (TPSA) is 229 Å².